The van der Waals surface area contributed by atoms with Gasteiger partial charge in [0.1, 0.15) is 22.7 Å². The lowest BCUT2D eigenvalue weighted by Crippen LogP contribution is -1.97. The molecule has 2 nitrogen and oxygen atoms in total. The Labute approximate surface area is 208 Å². The van der Waals surface area contributed by atoms with Crippen molar-refractivity contribution < 1.29 is 9.15 Å². The van der Waals surface area contributed by atoms with E-state index in [0.29, 0.717) is 0 Å². The second-order valence-corrected chi connectivity index (χ2v) is 9.30. The molecule has 2 heteroatoms. The van der Waals surface area contributed by atoms with Crippen LogP contribution in [0.3, 0.4) is 0 Å². The van der Waals surface area contributed by atoms with Gasteiger partial charge in [0.25, 0.3) is 0 Å². The third kappa shape index (κ3) is 2.73. The van der Waals surface area contributed by atoms with Gasteiger partial charge in [-0.25, -0.2) is 0 Å². The Morgan fingerprint density at radius 2 is 1.06 bits per heavy atom. The Kier molecular flexibility index (Phi) is 3.97. The van der Waals surface area contributed by atoms with Crippen molar-refractivity contribution in [3.63, 3.8) is 0 Å². The average molecular weight is 461 g/mol. The molecule has 168 valence electrons. The quantitative estimate of drug-likeness (QED) is 0.256. The molecule has 1 aliphatic heterocycles. The number of benzene rings is 6. The van der Waals surface area contributed by atoms with Gasteiger partial charge in [0.2, 0.25) is 0 Å². The van der Waals surface area contributed by atoms with Crippen molar-refractivity contribution in [2.75, 3.05) is 0 Å². The van der Waals surface area contributed by atoms with Crippen molar-refractivity contribution in [2.45, 2.75) is 0 Å². The van der Waals surface area contributed by atoms with Crippen LogP contribution < -0.4 is 4.74 Å². The van der Waals surface area contributed by atoms with E-state index in [-0.39, 0.29) is 0 Å². The summed E-state index contributed by atoms with van der Waals surface area (Å²) < 4.78 is 12.5. The Morgan fingerprint density at radius 3 is 1.94 bits per heavy atom. The first-order chi connectivity index (χ1) is 17.8. The summed E-state index contributed by atoms with van der Waals surface area (Å²) >= 11 is 0. The minimum absolute atomic E-state index is 0.911. The number of fused-ring (bicyclic) bond motifs is 5. The smallest absolute Gasteiger partial charge is 0.143 e. The highest BCUT2D eigenvalue weighted by atomic mass is 16.5. The van der Waals surface area contributed by atoms with E-state index < -0.39 is 0 Å². The number of rotatable bonds is 2. The molecule has 0 unspecified atom stereocenters. The van der Waals surface area contributed by atoms with Crippen molar-refractivity contribution in [3.05, 3.63) is 121 Å². The Morgan fingerprint density at radius 1 is 0.389 bits per heavy atom. The number of hydrogen-bond acceptors (Lipinski definition) is 2. The average Bonchev–Trinajstić information content (AvgIpc) is 3.33. The molecule has 0 fully saturated rings. The molecule has 36 heavy (non-hydrogen) atoms. The highest BCUT2D eigenvalue weighted by Crippen LogP contribution is 2.48. The van der Waals surface area contributed by atoms with Gasteiger partial charge >= 0.3 is 0 Å². The van der Waals surface area contributed by atoms with Crippen molar-refractivity contribution in [2.24, 2.45) is 0 Å². The topological polar surface area (TPSA) is 22.4 Å². The van der Waals surface area contributed by atoms with E-state index >= 15 is 0 Å². The minimum atomic E-state index is 0.911. The Balaban J connectivity index is 1.27. The van der Waals surface area contributed by atoms with Gasteiger partial charge in [0, 0.05) is 27.3 Å². The molecular weight excluding hydrogens is 440 g/mol. The van der Waals surface area contributed by atoms with Crippen molar-refractivity contribution in [1.82, 2.24) is 0 Å². The maximum absolute atomic E-state index is 6.27. The third-order valence-electron chi connectivity index (χ3n) is 7.31. The number of furan rings is 1. The summed E-state index contributed by atoms with van der Waals surface area (Å²) in [7, 11) is 0. The van der Waals surface area contributed by atoms with Gasteiger partial charge in [-0.3, -0.25) is 0 Å². The molecule has 6 aromatic carbocycles. The van der Waals surface area contributed by atoms with Crippen LogP contribution in [0.25, 0.3) is 66.1 Å². The molecule has 0 aliphatic carbocycles. The fourth-order valence-corrected chi connectivity index (χ4v) is 5.64. The van der Waals surface area contributed by atoms with Gasteiger partial charge < -0.3 is 9.15 Å². The molecule has 0 saturated heterocycles. The Bertz CT molecular complexity index is 1960. The minimum Gasteiger partial charge on any atom is -0.456 e. The van der Waals surface area contributed by atoms with E-state index in [1.54, 1.807) is 0 Å². The van der Waals surface area contributed by atoms with Crippen LogP contribution in [0.2, 0.25) is 0 Å². The summed E-state index contributed by atoms with van der Waals surface area (Å²) in [5, 5.41) is 4.67. The number of para-hydroxylation sites is 3. The molecule has 1 aromatic heterocycles. The zero-order valence-electron chi connectivity index (χ0n) is 19.4. The molecule has 0 saturated carbocycles. The second kappa shape index (κ2) is 7.34. The first-order valence-corrected chi connectivity index (χ1v) is 12.2. The van der Waals surface area contributed by atoms with Gasteiger partial charge in [-0.15, -0.1) is 0 Å². The van der Waals surface area contributed by atoms with Crippen LogP contribution in [0.4, 0.5) is 0 Å². The summed E-state index contributed by atoms with van der Waals surface area (Å²) in [6.07, 6.45) is 0. The van der Waals surface area contributed by atoms with Crippen molar-refractivity contribution in [1.29, 1.82) is 0 Å². The van der Waals surface area contributed by atoms with Gasteiger partial charge in [0.15, 0.2) is 0 Å². The van der Waals surface area contributed by atoms with Crippen molar-refractivity contribution >= 4 is 32.7 Å². The zero-order valence-corrected chi connectivity index (χ0v) is 19.4. The summed E-state index contributed by atoms with van der Waals surface area (Å²) in [6.45, 7) is 0. The van der Waals surface area contributed by atoms with Gasteiger partial charge in [-0.1, -0.05) is 103 Å². The molecule has 2 heterocycles. The van der Waals surface area contributed by atoms with E-state index in [0.717, 1.165) is 50.1 Å². The Hall–Kier alpha value is -4.82. The van der Waals surface area contributed by atoms with E-state index in [1.807, 2.05) is 24.3 Å². The molecular formula is C34H20O2. The van der Waals surface area contributed by atoms with Crippen LogP contribution in [0.5, 0.6) is 11.5 Å². The lowest BCUT2D eigenvalue weighted by atomic mass is 9.90. The molecule has 0 amide bonds. The van der Waals surface area contributed by atoms with Crippen LogP contribution in [-0.2, 0) is 0 Å². The SMILES string of the molecule is c1ccc2c(c1)Oc1ccc(-c3ccc(-c4cccc5c4oc4ccccc45)cc3)c3cccc-2c13. The zero-order chi connectivity index (χ0) is 23.6. The van der Waals surface area contributed by atoms with E-state index in [4.69, 9.17) is 9.15 Å². The van der Waals surface area contributed by atoms with Gasteiger partial charge in [0.05, 0.1) is 0 Å². The summed E-state index contributed by atoms with van der Waals surface area (Å²) in [4.78, 5) is 0. The van der Waals surface area contributed by atoms with Crippen LogP contribution in [0, 0.1) is 0 Å². The molecule has 7 aromatic rings. The van der Waals surface area contributed by atoms with Crippen LogP contribution in [0.1, 0.15) is 0 Å². The molecule has 0 bridgehead atoms. The normalized spacial score (nSPS) is 12.1. The lowest BCUT2D eigenvalue weighted by molar-refractivity contribution is 0.487. The fraction of sp³-hybridized carbons (Fsp3) is 0. The van der Waals surface area contributed by atoms with Crippen LogP contribution in [0.15, 0.2) is 126 Å². The van der Waals surface area contributed by atoms with E-state index in [2.05, 4.69) is 97.1 Å². The second-order valence-electron chi connectivity index (χ2n) is 9.30. The molecule has 1 aliphatic rings. The standard InChI is InChI=1S/C34H20O2/c1-3-13-30-25(7-1)28-11-6-10-27-23(19-20-32(35-30)33(27)28)21-15-17-22(18-16-21)24-9-5-12-29-26-8-2-4-14-31(26)36-34(24)29/h1-20H. The van der Waals surface area contributed by atoms with Gasteiger partial charge in [-0.2, -0.15) is 0 Å². The number of hydrogen-bond donors (Lipinski definition) is 0. The number of ether oxygens (including phenoxy) is 1. The molecule has 0 atom stereocenters. The largest absolute Gasteiger partial charge is 0.456 e. The predicted molar refractivity (Wildman–Crippen MR) is 148 cm³/mol. The highest BCUT2D eigenvalue weighted by Gasteiger charge is 2.21. The van der Waals surface area contributed by atoms with Crippen LogP contribution >= 0.6 is 0 Å². The van der Waals surface area contributed by atoms with E-state index in [1.165, 1.54) is 27.5 Å². The first kappa shape index (κ1) is 19.5. The highest BCUT2D eigenvalue weighted by molar-refractivity contribution is 6.11. The molecule has 8 rings (SSSR count). The monoisotopic (exact) mass is 460 g/mol. The summed E-state index contributed by atoms with van der Waals surface area (Å²) in [5.41, 5.74) is 8.85. The maximum Gasteiger partial charge on any atom is 0.143 e. The van der Waals surface area contributed by atoms with E-state index in [9.17, 15) is 0 Å². The van der Waals surface area contributed by atoms with Gasteiger partial charge in [-0.05, 0) is 45.8 Å². The van der Waals surface area contributed by atoms with Crippen LogP contribution in [-0.4, -0.2) is 0 Å². The summed E-state index contributed by atoms with van der Waals surface area (Å²) in [5.74, 6) is 1.82. The molecule has 0 spiro atoms. The maximum atomic E-state index is 6.27. The predicted octanol–water partition coefficient (Wildman–Crippen LogP) is 9.85. The molecule has 0 radical (unpaired) electrons. The molecule has 0 N–H and O–H groups in total. The first-order valence-electron chi connectivity index (χ1n) is 12.2. The van der Waals surface area contributed by atoms with Crippen molar-refractivity contribution in [3.8, 4) is 44.9 Å². The third-order valence-corrected chi connectivity index (χ3v) is 7.31. The summed E-state index contributed by atoms with van der Waals surface area (Å²) in [6, 6.07) is 42.4. The fourth-order valence-electron chi connectivity index (χ4n) is 5.64. The lowest BCUT2D eigenvalue weighted by Gasteiger charge is -2.22.